The third-order valence-corrected chi connectivity index (χ3v) is 5.26. The van der Waals surface area contributed by atoms with Gasteiger partial charge < -0.3 is 20.1 Å². The Morgan fingerprint density at radius 1 is 1.11 bits per heavy atom. The fraction of sp³-hybridized carbons (Fsp3) is 0.667. The van der Waals surface area contributed by atoms with Gasteiger partial charge in [-0.2, -0.15) is 0 Å². The Hall–Kier alpha value is -1.02. The number of guanidine groups is 1. The van der Waals surface area contributed by atoms with Crippen LogP contribution in [0.15, 0.2) is 29.3 Å². The number of hydrogen-bond donors (Lipinski definition) is 2. The van der Waals surface area contributed by atoms with E-state index in [9.17, 15) is 0 Å². The number of nitrogens with zero attached hydrogens (tertiary/aromatic N) is 1. The van der Waals surface area contributed by atoms with E-state index in [4.69, 9.17) is 9.47 Å². The van der Waals surface area contributed by atoms with Crippen LogP contribution < -0.4 is 15.4 Å². The quantitative estimate of drug-likeness (QED) is 0.212. The van der Waals surface area contributed by atoms with Gasteiger partial charge in [-0.25, -0.2) is 0 Å². The van der Waals surface area contributed by atoms with Crippen molar-refractivity contribution >= 4 is 29.9 Å². The van der Waals surface area contributed by atoms with Crippen LogP contribution in [-0.4, -0.2) is 46.4 Å². The van der Waals surface area contributed by atoms with Crippen molar-refractivity contribution in [3.63, 3.8) is 0 Å². The van der Waals surface area contributed by atoms with Gasteiger partial charge in [-0.1, -0.05) is 24.1 Å². The highest BCUT2D eigenvalue weighted by Gasteiger charge is 2.36. The number of rotatable bonds is 11. The van der Waals surface area contributed by atoms with Crippen LogP contribution in [0, 0.1) is 12.3 Å². The minimum Gasteiger partial charge on any atom is -0.494 e. The average Bonchev–Trinajstić information content (AvgIpc) is 2.63. The summed E-state index contributed by atoms with van der Waals surface area (Å²) >= 11 is 0. The molecule has 0 saturated heterocycles. The molecule has 5 nitrogen and oxygen atoms in total. The molecule has 0 heterocycles. The van der Waals surface area contributed by atoms with Crippen LogP contribution in [0.25, 0.3) is 0 Å². The van der Waals surface area contributed by atoms with Crippen LogP contribution in [0.2, 0.25) is 0 Å². The van der Waals surface area contributed by atoms with Gasteiger partial charge in [0.2, 0.25) is 0 Å². The Morgan fingerprint density at radius 2 is 1.85 bits per heavy atom. The summed E-state index contributed by atoms with van der Waals surface area (Å²) in [5.74, 6) is 1.84. The second-order valence-corrected chi connectivity index (χ2v) is 7.32. The van der Waals surface area contributed by atoms with E-state index in [2.05, 4.69) is 34.7 Å². The van der Waals surface area contributed by atoms with E-state index in [1.807, 2.05) is 19.2 Å². The van der Waals surface area contributed by atoms with Crippen LogP contribution >= 0.6 is 24.0 Å². The fourth-order valence-electron chi connectivity index (χ4n) is 3.26. The number of aliphatic imine (C=N–C) groups is 1. The molecule has 6 heteroatoms. The summed E-state index contributed by atoms with van der Waals surface area (Å²) in [4.78, 5) is 4.34. The van der Waals surface area contributed by atoms with Crippen molar-refractivity contribution in [3.8, 4) is 5.75 Å². The van der Waals surface area contributed by atoms with Crippen LogP contribution in [-0.2, 0) is 4.74 Å². The van der Waals surface area contributed by atoms with Gasteiger partial charge >= 0.3 is 0 Å². The largest absolute Gasteiger partial charge is 0.494 e. The Kier molecular flexibility index (Phi) is 11.7. The average molecular weight is 489 g/mol. The number of aryl methyl sites for hydroxylation is 1. The SMILES string of the molecule is CN=C(NCCCCOc1ccc(C)cc1)NCC1(CCOC)CCC1.I. The van der Waals surface area contributed by atoms with Gasteiger partial charge in [0.1, 0.15) is 5.75 Å². The van der Waals surface area contributed by atoms with E-state index >= 15 is 0 Å². The molecule has 1 saturated carbocycles. The highest BCUT2D eigenvalue weighted by atomic mass is 127. The Morgan fingerprint density at radius 3 is 2.44 bits per heavy atom. The summed E-state index contributed by atoms with van der Waals surface area (Å²) in [5, 5.41) is 6.90. The van der Waals surface area contributed by atoms with Gasteiger partial charge in [0.05, 0.1) is 6.61 Å². The Balaban J connectivity index is 0.00000364. The number of unbranched alkanes of at least 4 members (excludes halogenated alkanes) is 1. The molecule has 0 spiro atoms. The number of methoxy groups -OCH3 is 1. The van der Waals surface area contributed by atoms with Gasteiger partial charge in [-0.3, -0.25) is 4.99 Å². The summed E-state index contributed by atoms with van der Waals surface area (Å²) < 4.78 is 11.0. The van der Waals surface area contributed by atoms with Crippen LogP contribution in [0.1, 0.15) is 44.1 Å². The summed E-state index contributed by atoms with van der Waals surface area (Å²) in [6.45, 7) is 5.56. The first-order chi connectivity index (χ1) is 12.7. The molecule has 154 valence electrons. The van der Waals surface area contributed by atoms with Gasteiger partial charge in [-0.15, -0.1) is 24.0 Å². The zero-order valence-corrected chi connectivity index (χ0v) is 19.4. The van der Waals surface area contributed by atoms with Crippen molar-refractivity contribution in [2.24, 2.45) is 10.4 Å². The van der Waals surface area contributed by atoms with Crippen molar-refractivity contribution in [1.29, 1.82) is 0 Å². The van der Waals surface area contributed by atoms with E-state index < -0.39 is 0 Å². The summed E-state index contributed by atoms with van der Waals surface area (Å²) in [6.07, 6.45) is 7.12. The van der Waals surface area contributed by atoms with Crippen molar-refractivity contribution in [1.82, 2.24) is 10.6 Å². The molecule has 27 heavy (non-hydrogen) atoms. The molecule has 0 radical (unpaired) electrons. The zero-order chi connectivity index (χ0) is 18.7. The number of halogens is 1. The Bertz CT molecular complexity index is 545. The van der Waals surface area contributed by atoms with Crippen molar-refractivity contribution in [2.75, 3.05) is 40.5 Å². The monoisotopic (exact) mass is 489 g/mol. The maximum absolute atomic E-state index is 5.76. The van der Waals surface area contributed by atoms with Gasteiger partial charge in [-0.05, 0) is 56.6 Å². The number of hydrogen-bond acceptors (Lipinski definition) is 3. The molecule has 1 fully saturated rings. The zero-order valence-electron chi connectivity index (χ0n) is 17.1. The molecule has 1 aliphatic carbocycles. The summed E-state index contributed by atoms with van der Waals surface area (Å²) in [6, 6.07) is 8.21. The second kappa shape index (κ2) is 13.2. The lowest BCUT2D eigenvalue weighted by Gasteiger charge is -2.42. The molecule has 0 amide bonds. The van der Waals surface area contributed by atoms with Crippen LogP contribution in [0.5, 0.6) is 5.75 Å². The number of nitrogens with one attached hydrogen (secondary N) is 2. The molecule has 0 bridgehead atoms. The molecule has 1 aromatic rings. The van der Waals surface area contributed by atoms with Gasteiger partial charge in [0.25, 0.3) is 0 Å². The molecule has 0 atom stereocenters. The molecule has 1 aliphatic rings. The maximum Gasteiger partial charge on any atom is 0.190 e. The van der Waals surface area contributed by atoms with Crippen LogP contribution in [0.3, 0.4) is 0 Å². The highest BCUT2D eigenvalue weighted by Crippen LogP contribution is 2.43. The molecule has 2 N–H and O–H groups in total. The lowest BCUT2D eigenvalue weighted by molar-refractivity contribution is 0.0732. The van der Waals surface area contributed by atoms with Crippen molar-refractivity contribution in [2.45, 2.75) is 45.4 Å². The predicted molar refractivity (Wildman–Crippen MR) is 123 cm³/mol. The first kappa shape index (κ1) is 24.0. The lowest BCUT2D eigenvalue weighted by atomic mass is 9.67. The molecule has 1 aromatic carbocycles. The van der Waals surface area contributed by atoms with E-state index in [0.717, 1.165) is 57.3 Å². The predicted octanol–water partition coefficient (Wildman–Crippen LogP) is 4.14. The molecular weight excluding hydrogens is 453 g/mol. The summed E-state index contributed by atoms with van der Waals surface area (Å²) in [7, 11) is 3.61. The highest BCUT2D eigenvalue weighted by molar-refractivity contribution is 14.0. The van der Waals surface area contributed by atoms with Crippen LogP contribution in [0.4, 0.5) is 0 Å². The smallest absolute Gasteiger partial charge is 0.190 e. The van der Waals surface area contributed by atoms with Crippen molar-refractivity contribution < 1.29 is 9.47 Å². The van der Waals surface area contributed by atoms with E-state index in [1.165, 1.54) is 24.8 Å². The summed E-state index contributed by atoms with van der Waals surface area (Å²) in [5.41, 5.74) is 1.65. The number of ether oxygens (including phenoxy) is 2. The fourth-order valence-corrected chi connectivity index (χ4v) is 3.26. The van der Waals surface area contributed by atoms with Gasteiger partial charge in [0.15, 0.2) is 5.96 Å². The lowest BCUT2D eigenvalue weighted by Crippen LogP contribution is -2.47. The Labute approximate surface area is 181 Å². The standard InChI is InChI=1S/C21H35N3O2.HI/c1-18-7-9-19(10-8-18)26-15-5-4-14-23-20(22-2)24-17-21(11-6-12-21)13-16-25-3;/h7-10H,4-6,11-17H2,1-3H3,(H2,22,23,24);1H. The molecule has 0 aliphatic heterocycles. The molecular formula is C21H36IN3O2. The normalized spacial score (nSPS) is 15.4. The minimum atomic E-state index is 0. The van der Waals surface area contributed by atoms with E-state index in [1.54, 1.807) is 7.11 Å². The van der Waals surface area contributed by atoms with E-state index in [-0.39, 0.29) is 24.0 Å². The second-order valence-electron chi connectivity index (χ2n) is 7.32. The molecule has 0 aromatic heterocycles. The third kappa shape index (κ3) is 8.68. The van der Waals surface area contributed by atoms with E-state index in [0.29, 0.717) is 5.41 Å². The van der Waals surface area contributed by atoms with Gasteiger partial charge in [0, 0.05) is 33.9 Å². The topological polar surface area (TPSA) is 54.9 Å². The maximum atomic E-state index is 5.76. The third-order valence-electron chi connectivity index (χ3n) is 5.26. The molecule has 2 rings (SSSR count). The first-order valence-corrected chi connectivity index (χ1v) is 9.80. The first-order valence-electron chi connectivity index (χ1n) is 9.80. The number of benzene rings is 1. The molecule has 0 unspecified atom stereocenters. The minimum absolute atomic E-state index is 0. The van der Waals surface area contributed by atoms with Crippen molar-refractivity contribution in [3.05, 3.63) is 29.8 Å².